The maximum atomic E-state index is 9.75. The van der Waals surface area contributed by atoms with E-state index in [0.717, 1.165) is 32.6 Å². The number of hydrogen-bond donors (Lipinski definition) is 2. The number of fused-ring (bicyclic) bond motifs is 2. The fraction of sp³-hybridized carbons (Fsp3) is 0.455. The van der Waals surface area contributed by atoms with Gasteiger partial charge in [0.2, 0.25) is 0 Å². The van der Waals surface area contributed by atoms with Crippen molar-refractivity contribution >= 4 is 23.5 Å². The second-order valence-corrected chi connectivity index (χ2v) is 9.47. The SMILES string of the molecule is CSc1ccc2c(c1)C(N1CCN(CC(O)CO)CC1)Cc1ccccc1S2. The molecule has 4 rings (SSSR count). The molecule has 2 heterocycles. The van der Waals surface area contributed by atoms with E-state index in [1.807, 2.05) is 11.8 Å². The molecule has 150 valence electrons. The van der Waals surface area contributed by atoms with Gasteiger partial charge in [0, 0.05) is 53.5 Å². The monoisotopic (exact) mass is 416 g/mol. The van der Waals surface area contributed by atoms with Crippen molar-refractivity contribution in [3.05, 3.63) is 53.6 Å². The van der Waals surface area contributed by atoms with Gasteiger partial charge in [-0.2, -0.15) is 0 Å². The van der Waals surface area contributed by atoms with Crippen molar-refractivity contribution in [3.63, 3.8) is 0 Å². The van der Waals surface area contributed by atoms with Crippen LogP contribution in [0.4, 0.5) is 0 Å². The third kappa shape index (κ3) is 4.42. The molecule has 28 heavy (non-hydrogen) atoms. The van der Waals surface area contributed by atoms with Gasteiger partial charge in [-0.1, -0.05) is 30.0 Å². The number of β-amino-alcohol motifs (C(OH)–C–C–N with tert-alkyl or cyclic N) is 1. The first kappa shape index (κ1) is 20.3. The van der Waals surface area contributed by atoms with Gasteiger partial charge in [-0.25, -0.2) is 0 Å². The second-order valence-electron chi connectivity index (χ2n) is 7.51. The van der Waals surface area contributed by atoms with Gasteiger partial charge >= 0.3 is 0 Å². The molecule has 2 N–H and O–H groups in total. The molecule has 0 aromatic heterocycles. The van der Waals surface area contributed by atoms with Crippen LogP contribution >= 0.6 is 23.5 Å². The summed E-state index contributed by atoms with van der Waals surface area (Å²) in [4.78, 5) is 8.92. The molecule has 0 aliphatic carbocycles. The Morgan fingerprint density at radius 3 is 2.64 bits per heavy atom. The number of nitrogens with zero attached hydrogens (tertiary/aromatic N) is 2. The van der Waals surface area contributed by atoms with Crippen molar-refractivity contribution < 1.29 is 10.2 Å². The maximum Gasteiger partial charge on any atom is 0.0897 e. The summed E-state index contributed by atoms with van der Waals surface area (Å²) >= 11 is 3.70. The fourth-order valence-electron chi connectivity index (χ4n) is 4.15. The number of aliphatic hydroxyl groups excluding tert-OH is 2. The van der Waals surface area contributed by atoms with Crippen LogP contribution in [0.25, 0.3) is 0 Å². The molecular weight excluding hydrogens is 388 g/mol. The number of thioether (sulfide) groups is 1. The van der Waals surface area contributed by atoms with E-state index in [4.69, 9.17) is 5.11 Å². The summed E-state index contributed by atoms with van der Waals surface area (Å²) in [6.45, 7) is 4.22. The van der Waals surface area contributed by atoms with Crippen LogP contribution in [0.3, 0.4) is 0 Å². The Morgan fingerprint density at radius 1 is 1.11 bits per heavy atom. The molecule has 6 heteroatoms. The summed E-state index contributed by atoms with van der Waals surface area (Å²) in [5, 5.41) is 18.9. The highest BCUT2D eigenvalue weighted by Gasteiger charge is 2.30. The van der Waals surface area contributed by atoms with E-state index in [-0.39, 0.29) is 6.61 Å². The van der Waals surface area contributed by atoms with Gasteiger partial charge in [-0.15, -0.1) is 11.8 Å². The Hall–Kier alpha value is -1.02. The molecule has 0 radical (unpaired) electrons. The standard InChI is InChI=1S/C22H28N2O2S2/c1-27-18-6-7-22-19(13-18)20(12-16-4-2-3-5-21(16)28-22)24-10-8-23(9-11-24)14-17(26)15-25/h2-7,13,17,20,25-26H,8-12,14-15H2,1H3. The molecule has 2 aromatic carbocycles. The largest absolute Gasteiger partial charge is 0.394 e. The number of hydrogen-bond acceptors (Lipinski definition) is 6. The predicted molar refractivity (Wildman–Crippen MR) is 116 cm³/mol. The summed E-state index contributed by atoms with van der Waals surface area (Å²) in [5.41, 5.74) is 2.87. The first-order valence-electron chi connectivity index (χ1n) is 9.87. The van der Waals surface area contributed by atoms with Crippen molar-refractivity contribution in [3.8, 4) is 0 Å². The van der Waals surface area contributed by atoms with Crippen LogP contribution in [-0.2, 0) is 6.42 Å². The highest BCUT2D eigenvalue weighted by atomic mass is 32.2. The van der Waals surface area contributed by atoms with Crippen LogP contribution < -0.4 is 0 Å². The zero-order chi connectivity index (χ0) is 19.5. The molecule has 2 aliphatic heterocycles. The molecule has 2 aromatic rings. The lowest BCUT2D eigenvalue weighted by Gasteiger charge is -2.40. The van der Waals surface area contributed by atoms with E-state index in [2.05, 4.69) is 58.5 Å². The molecule has 1 fully saturated rings. The van der Waals surface area contributed by atoms with Crippen molar-refractivity contribution in [1.29, 1.82) is 0 Å². The summed E-state index contributed by atoms with van der Waals surface area (Å²) in [6, 6.07) is 16.1. The number of piperazine rings is 1. The lowest BCUT2D eigenvalue weighted by atomic mass is 9.96. The normalized spacial score (nSPS) is 21.6. The van der Waals surface area contributed by atoms with Gasteiger partial charge in [0.25, 0.3) is 0 Å². The molecule has 4 nitrogen and oxygen atoms in total. The summed E-state index contributed by atoms with van der Waals surface area (Å²) in [5.74, 6) is 0. The Kier molecular flexibility index (Phi) is 6.66. The first-order chi connectivity index (χ1) is 13.7. The molecule has 2 atom stereocenters. The average molecular weight is 417 g/mol. The maximum absolute atomic E-state index is 9.75. The summed E-state index contributed by atoms with van der Waals surface area (Å²) in [7, 11) is 0. The third-order valence-corrected chi connectivity index (χ3v) is 7.64. The van der Waals surface area contributed by atoms with Crippen LogP contribution in [0.1, 0.15) is 17.2 Å². The van der Waals surface area contributed by atoms with E-state index in [0.29, 0.717) is 12.6 Å². The Morgan fingerprint density at radius 2 is 1.89 bits per heavy atom. The molecular formula is C22H28N2O2S2. The van der Waals surface area contributed by atoms with Crippen LogP contribution in [0, 0.1) is 0 Å². The van der Waals surface area contributed by atoms with E-state index in [1.54, 1.807) is 11.8 Å². The molecule has 0 bridgehead atoms. The minimum atomic E-state index is -0.641. The minimum absolute atomic E-state index is 0.165. The minimum Gasteiger partial charge on any atom is -0.394 e. The highest BCUT2D eigenvalue weighted by molar-refractivity contribution is 7.99. The van der Waals surface area contributed by atoms with Crippen LogP contribution in [0.15, 0.2) is 57.2 Å². The topological polar surface area (TPSA) is 46.9 Å². The van der Waals surface area contributed by atoms with Gasteiger partial charge in [0.05, 0.1) is 12.7 Å². The van der Waals surface area contributed by atoms with Gasteiger partial charge in [-0.3, -0.25) is 9.80 Å². The zero-order valence-corrected chi connectivity index (χ0v) is 17.9. The lowest BCUT2D eigenvalue weighted by molar-refractivity contribution is 0.0304. The number of aliphatic hydroxyl groups is 2. The van der Waals surface area contributed by atoms with Crippen LogP contribution in [0.2, 0.25) is 0 Å². The molecule has 2 aliphatic rings. The molecule has 2 unspecified atom stereocenters. The first-order valence-corrected chi connectivity index (χ1v) is 11.9. The average Bonchev–Trinajstić information content (AvgIpc) is 2.90. The van der Waals surface area contributed by atoms with Crippen molar-refractivity contribution in [1.82, 2.24) is 9.80 Å². The highest BCUT2D eigenvalue weighted by Crippen LogP contribution is 2.44. The quantitative estimate of drug-likeness (QED) is 0.731. The van der Waals surface area contributed by atoms with E-state index >= 15 is 0 Å². The number of benzene rings is 2. The molecule has 0 amide bonds. The van der Waals surface area contributed by atoms with E-state index in [1.165, 1.54) is 25.8 Å². The molecule has 1 saturated heterocycles. The second kappa shape index (κ2) is 9.20. The molecule has 0 spiro atoms. The summed E-state index contributed by atoms with van der Waals surface area (Å²) < 4.78 is 0. The Labute approximate surface area is 175 Å². The number of rotatable bonds is 5. The van der Waals surface area contributed by atoms with Gasteiger partial charge in [0.1, 0.15) is 0 Å². The summed E-state index contributed by atoms with van der Waals surface area (Å²) in [6.07, 6.45) is 2.53. The smallest absolute Gasteiger partial charge is 0.0897 e. The van der Waals surface area contributed by atoms with Crippen LogP contribution in [0.5, 0.6) is 0 Å². The third-order valence-electron chi connectivity index (χ3n) is 5.71. The van der Waals surface area contributed by atoms with E-state index < -0.39 is 6.10 Å². The molecule has 0 saturated carbocycles. The van der Waals surface area contributed by atoms with Crippen molar-refractivity contribution in [2.75, 3.05) is 45.6 Å². The van der Waals surface area contributed by atoms with Gasteiger partial charge in [0.15, 0.2) is 0 Å². The van der Waals surface area contributed by atoms with Crippen LogP contribution in [-0.4, -0.2) is 71.7 Å². The van der Waals surface area contributed by atoms with Gasteiger partial charge in [-0.05, 0) is 48.1 Å². The van der Waals surface area contributed by atoms with Crippen molar-refractivity contribution in [2.45, 2.75) is 33.3 Å². The zero-order valence-electron chi connectivity index (χ0n) is 16.3. The fourth-order valence-corrected chi connectivity index (χ4v) is 5.72. The Balaban J connectivity index is 1.59. The lowest BCUT2D eigenvalue weighted by Crippen LogP contribution is -2.50. The predicted octanol–water partition coefficient (Wildman–Crippen LogP) is 3.13. The van der Waals surface area contributed by atoms with Gasteiger partial charge < -0.3 is 10.2 Å². The Bertz CT molecular complexity index is 809. The van der Waals surface area contributed by atoms with Crippen molar-refractivity contribution in [2.24, 2.45) is 0 Å². The van der Waals surface area contributed by atoms with E-state index in [9.17, 15) is 5.11 Å².